The lowest BCUT2D eigenvalue weighted by molar-refractivity contribution is 0.119. The number of β-amino-alcohol motifs (C(OH)–C–C–N with tert-alkyl or cyclic N) is 1. The molecule has 3 nitrogen and oxygen atoms in total. The minimum absolute atomic E-state index is 0.210. The summed E-state index contributed by atoms with van der Waals surface area (Å²) >= 11 is 0. The molecule has 0 amide bonds. The second kappa shape index (κ2) is 4.70. The van der Waals surface area contributed by atoms with Crippen molar-refractivity contribution in [2.75, 3.05) is 26.2 Å². The summed E-state index contributed by atoms with van der Waals surface area (Å²) in [6.45, 7) is 3.72. The summed E-state index contributed by atoms with van der Waals surface area (Å²) in [6.07, 6.45) is 3.10. The first-order chi connectivity index (χ1) is 5.33. The maximum absolute atomic E-state index is 9.39. The fourth-order valence-electron chi connectivity index (χ4n) is 1.55. The first-order valence-electron chi connectivity index (χ1n) is 4.43. The van der Waals surface area contributed by atoms with Gasteiger partial charge in [0.05, 0.1) is 6.10 Å². The SMILES string of the molecule is NCCC(O)CN1CCCC1. The molecule has 1 aliphatic rings. The van der Waals surface area contributed by atoms with Gasteiger partial charge in [-0.3, -0.25) is 0 Å². The molecule has 3 heteroatoms. The van der Waals surface area contributed by atoms with Crippen molar-refractivity contribution in [2.45, 2.75) is 25.4 Å². The van der Waals surface area contributed by atoms with E-state index in [2.05, 4.69) is 4.90 Å². The number of hydrogen-bond donors (Lipinski definition) is 2. The fourth-order valence-corrected chi connectivity index (χ4v) is 1.55. The van der Waals surface area contributed by atoms with Crippen LogP contribution in [0.25, 0.3) is 0 Å². The van der Waals surface area contributed by atoms with Crippen LogP contribution in [0.3, 0.4) is 0 Å². The molecule has 66 valence electrons. The van der Waals surface area contributed by atoms with Gasteiger partial charge in [0.25, 0.3) is 0 Å². The lowest BCUT2D eigenvalue weighted by Gasteiger charge is -2.18. The van der Waals surface area contributed by atoms with Crippen LogP contribution >= 0.6 is 0 Å². The van der Waals surface area contributed by atoms with E-state index in [0.29, 0.717) is 6.54 Å². The van der Waals surface area contributed by atoms with Crippen LogP contribution in [-0.4, -0.2) is 42.3 Å². The molecule has 0 aromatic carbocycles. The maximum atomic E-state index is 9.39. The van der Waals surface area contributed by atoms with Crippen LogP contribution in [0.2, 0.25) is 0 Å². The van der Waals surface area contributed by atoms with Crippen LogP contribution < -0.4 is 5.73 Å². The molecule has 11 heavy (non-hydrogen) atoms. The Morgan fingerprint density at radius 1 is 1.36 bits per heavy atom. The Bertz CT molecular complexity index is 102. The molecule has 1 unspecified atom stereocenters. The molecular weight excluding hydrogens is 140 g/mol. The number of hydrogen-bond acceptors (Lipinski definition) is 3. The number of rotatable bonds is 4. The molecule has 1 aliphatic heterocycles. The van der Waals surface area contributed by atoms with Crippen LogP contribution in [0, 0.1) is 0 Å². The summed E-state index contributed by atoms with van der Waals surface area (Å²) in [4.78, 5) is 2.31. The van der Waals surface area contributed by atoms with Gasteiger partial charge in [0.2, 0.25) is 0 Å². The van der Waals surface area contributed by atoms with Crippen LogP contribution in [0.4, 0.5) is 0 Å². The monoisotopic (exact) mass is 158 g/mol. The van der Waals surface area contributed by atoms with E-state index in [1.54, 1.807) is 0 Å². The quantitative estimate of drug-likeness (QED) is 0.595. The van der Waals surface area contributed by atoms with E-state index in [1.165, 1.54) is 12.8 Å². The molecule has 1 fully saturated rings. The van der Waals surface area contributed by atoms with Crippen LogP contribution in [0.5, 0.6) is 0 Å². The van der Waals surface area contributed by atoms with E-state index in [9.17, 15) is 5.11 Å². The third-order valence-electron chi connectivity index (χ3n) is 2.17. The summed E-state index contributed by atoms with van der Waals surface area (Å²) in [6, 6.07) is 0. The molecule has 0 radical (unpaired) electrons. The summed E-state index contributed by atoms with van der Waals surface area (Å²) in [5, 5.41) is 9.39. The number of nitrogens with zero attached hydrogens (tertiary/aromatic N) is 1. The Morgan fingerprint density at radius 3 is 2.55 bits per heavy atom. The lowest BCUT2D eigenvalue weighted by Crippen LogP contribution is -2.31. The van der Waals surface area contributed by atoms with Gasteiger partial charge in [-0.15, -0.1) is 0 Å². The van der Waals surface area contributed by atoms with E-state index in [1.807, 2.05) is 0 Å². The Kier molecular flexibility index (Phi) is 3.83. The van der Waals surface area contributed by atoms with E-state index >= 15 is 0 Å². The van der Waals surface area contributed by atoms with Crippen molar-refractivity contribution in [3.8, 4) is 0 Å². The third kappa shape index (κ3) is 3.18. The molecule has 1 rings (SSSR count). The first kappa shape index (κ1) is 8.97. The standard InChI is InChI=1S/C8H18N2O/c9-4-3-8(11)7-10-5-1-2-6-10/h8,11H,1-7,9H2. The average Bonchev–Trinajstić information content (AvgIpc) is 2.40. The van der Waals surface area contributed by atoms with Gasteiger partial charge in [0, 0.05) is 6.54 Å². The zero-order valence-electron chi connectivity index (χ0n) is 7.00. The van der Waals surface area contributed by atoms with Gasteiger partial charge in [0.15, 0.2) is 0 Å². The molecule has 0 aromatic heterocycles. The third-order valence-corrected chi connectivity index (χ3v) is 2.17. The molecule has 3 N–H and O–H groups in total. The smallest absolute Gasteiger partial charge is 0.0679 e. The predicted octanol–water partition coefficient (Wildman–Crippen LogP) is -0.208. The van der Waals surface area contributed by atoms with Crippen molar-refractivity contribution >= 4 is 0 Å². The number of nitrogens with two attached hydrogens (primary N) is 1. The molecule has 0 aromatic rings. The van der Waals surface area contributed by atoms with Crippen LogP contribution in [-0.2, 0) is 0 Å². The van der Waals surface area contributed by atoms with Gasteiger partial charge in [-0.25, -0.2) is 0 Å². The molecule has 0 bridgehead atoms. The first-order valence-corrected chi connectivity index (χ1v) is 4.43. The zero-order valence-corrected chi connectivity index (χ0v) is 7.00. The lowest BCUT2D eigenvalue weighted by atomic mass is 10.2. The Balaban J connectivity index is 2.08. The average molecular weight is 158 g/mol. The summed E-state index contributed by atoms with van der Waals surface area (Å²) in [5.41, 5.74) is 5.33. The highest BCUT2D eigenvalue weighted by Gasteiger charge is 2.14. The van der Waals surface area contributed by atoms with Crippen molar-refractivity contribution < 1.29 is 5.11 Å². The van der Waals surface area contributed by atoms with E-state index < -0.39 is 0 Å². The highest BCUT2D eigenvalue weighted by molar-refractivity contribution is 4.70. The summed E-state index contributed by atoms with van der Waals surface area (Å²) < 4.78 is 0. The zero-order chi connectivity index (χ0) is 8.10. The second-order valence-corrected chi connectivity index (χ2v) is 3.24. The molecule has 1 heterocycles. The van der Waals surface area contributed by atoms with Gasteiger partial charge in [-0.05, 0) is 38.9 Å². The molecule has 0 aliphatic carbocycles. The topological polar surface area (TPSA) is 49.5 Å². The highest BCUT2D eigenvalue weighted by atomic mass is 16.3. The van der Waals surface area contributed by atoms with E-state index in [-0.39, 0.29) is 6.10 Å². The second-order valence-electron chi connectivity index (χ2n) is 3.24. The largest absolute Gasteiger partial charge is 0.392 e. The molecule has 1 saturated heterocycles. The number of likely N-dealkylation sites (tertiary alicyclic amines) is 1. The van der Waals surface area contributed by atoms with Crippen molar-refractivity contribution in [1.29, 1.82) is 0 Å². The number of aliphatic hydroxyl groups excluding tert-OH is 1. The predicted molar refractivity (Wildman–Crippen MR) is 45.4 cm³/mol. The molecule has 1 atom stereocenters. The summed E-state index contributed by atoms with van der Waals surface area (Å²) in [5.74, 6) is 0. The van der Waals surface area contributed by atoms with Crippen LogP contribution in [0.1, 0.15) is 19.3 Å². The van der Waals surface area contributed by atoms with Crippen molar-refractivity contribution in [3.63, 3.8) is 0 Å². The fraction of sp³-hybridized carbons (Fsp3) is 1.00. The molecule has 0 spiro atoms. The molecule has 0 saturated carbocycles. The minimum Gasteiger partial charge on any atom is -0.392 e. The van der Waals surface area contributed by atoms with Gasteiger partial charge in [-0.1, -0.05) is 0 Å². The maximum Gasteiger partial charge on any atom is 0.0679 e. The van der Waals surface area contributed by atoms with Crippen molar-refractivity contribution in [3.05, 3.63) is 0 Å². The normalized spacial score (nSPS) is 22.4. The Labute approximate surface area is 68.2 Å². The van der Waals surface area contributed by atoms with E-state index in [4.69, 9.17) is 5.73 Å². The van der Waals surface area contributed by atoms with Gasteiger partial charge < -0.3 is 15.7 Å². The number of aliphatic hydroxyl groups is 1. The van der Waals surface area contributed by atoms with Crippen molar-refractivity contribution in [2.24, 2.45) is 5.73 Å². The Morgan fingerprint density at radius 2 is 2.00 bits per heavy atom. The van der Waals surface area contributed by atoms with Gasteiger partial charge >= 0.3 is 0 Å². The van der Waals surface area contributed by atoms with Crippen molar-refractivity contribution in [1.82, 2.24) is 4.90 Å². The molecular formula is C8H18N2O. The Hall–Kier alpha value is -0.120. The summed E-state index contributed by atoms with van der Waals surface area (Å²) in [7, 11) is 0. The minimum atomic E-state index is -0.210. The van der Waals surface area contributed by atoms with Gasteiger partial charge in [0.1, 0.15) is 0 Å². The highest BCUT2D eigenvalue weighted by Crippen LogP contribution is 2.08. The van der Waals surface area contributed by atoms with Crippen LogP contribution in [0.15, 0.2) is 0 Å². The van der Waals surface area contributed by atoms with E-state index in [0.717, 1.165) is 26.1 Å². The van der Waals surface area contributed by atoms with Gasteiger partial charge in [-0.2, -0.15) is 0 Å².